The van der Waals surface area contributed by atoms with Gasteiger partial charge in [0.05, 0.1) is 11.3 Å². The lowest BCUT2D eigenvalue weighted by Crippen LogP contribution is -1.88. The van der Waals surface area contributed by atoms with Gasteiger partial charge in [0.15, 0.2) is 5.82 Å². The summed E-state index contributed by atoms with van der Waals surface area (Å²) in [4.78, 5) is 8.29. The smallest absolute Gasteiger partial charge is 0.259 e. The first-order valence-electron chi connectivity index (χ1n) is 4.87. The van der Waals surface area contributed by atoms with Crippen LogP contribution >= 0.6 is 0 Å². The highest BCUT2D eigenvalue weighted by molar-refractivity contribution is 5.57. The van der Waals surface area contributed by atoms with E-state index in [9.17, 15) is 0 Å². The zero-order chi connectivity index (χ0) is 10.3. The SMILES string of the molecule is Nc1cncc(-c2nc(C3CC3)no2)c1. The van der Waals surface area contributed by atoms with E-state index in [0.717, 1.165) is 24.2 Å². The molecule has 0 atom stereocenters. The molecule has 0 amide bonds. The summed E-state index contributed by atoms with van der Waals surface area (Å²) < 4.78 is 5.15. The molecule has 1 aliphatic carbocycles. The topological polar surface area (TPSA) is 77.8 Å². The molecule has 76 valence electrons. The third-order valence-electron chi connectivity index (χ3n) is 2.39. The van der Waals surface area contributed by atoms with Crippen LogP contribution in [0.3, 0.4) is 0 Å². The fourth-order valence-corrected chi connectivity index (χ4v) is 1.43. The van der Waals surface area contributed by atoms with Gasteiger partial charge in [0.2, 0.25) is 0 Å². The minimum atomic E-state index is 0.497. The molecular weight excluding hydrogens is 192 g/mol. The Balaban J connectivity index is 1.97. The number of nitrogens with two attached hydrogens (primary N) is 1. The number of aromatic nitrogens is 3. The summed E-state index contributed by atoms with van der Waals surface area (Å²) in [6, 6.07) is 1.77. The van der Waals surface area contributed by atoms with Gasteiger partial charge in [-0.3, -0.25) is 4.98 Å². The average Bonchev–Trinajstić information content (AvgIpc) is 2.97. The van der Waals surface area contributed by atoms with Crippen LogP contribution in [0.15, 0.2) is 23.0 Å². The number of nitrogen functional groups attached to an aromatic ring is 1. The fourth-order valence-electron chi connectivity index (χ4n) is 1.43. The lowest BCUT2D eigenvalue weighted by molar-refractivity contribution is 0.422. The van der Waals surface area contributed by atoms with E-state index in [1.165, 1.54) is 0 Å². The Morgan fingerprint density at radius 2 is 2.20 bits per heavy atom. The van der Waals surface area contributed by atoms with Gasteiger partial charge < -0.3 is 10.3 Å². The van der Waals surface area contributed by atoms with Gasteiger partial charge in [-0.15, -0.1) is 0 Å². The van der Waals surface area contributed by atoms with Crippen LogP contribution in [0.5, 0.6) is 0 Å². The van der Waals surface area contributed by atoms with Crippen molar-refractivity contribution in [2.24, 2.45) is 0 Å². The van der Waals surface area contributed by atoms with E-state index in [-0.39, 0.29) is 0 Å². The van der Waals surface area contributed by atoms with E-state index in [1.54, 1.807) is 18.5 Å². The molecule has 0 radical (unpaired) electrons. The summed E-state index contributed by atoms with van der Waals surface area (Å²) in [5, 5.41) is 3.93. The number of rotatable bonds is 2. The second-order valence-electron chi connectivity index (χ2n) is 3.74. The maximum Gasteiger partial charge on any atom is 0.259 e. The molecule has 0 saturated heterocycles. The van der Waals surface area contributed by atoms with Gasteiger partial charge in [-0.25, -0.2) is 0 Å². The zero-order valence-corrected chi connectivity index (χ0v) is 8.05. The maximum absolute atomic E-state index is 5.62. The van der Waals surface area contributed by atoms with Crippen molar-refractivity contribution in [1.29, 1.82) is 0 Å². The summed E-state index contributed by atoms with van der Waals surface area (Å²) in [6.45, 7) is 0. The van der Waals surface area contributed by atoms with Crippen LogP contribution in [-0.2, 0) is 0 Å². The van der Waals surface area contributed by atoms with Crippen molar-refractivity contribution >= 4 is 5.69 Å². The molecule has 15 heavy (non-hydrogen) atoms. The van der Waals surface area contributed by atoms with E-state index in [0.29, 0.717) is 17.5 Å². The first kappa shape index (κ1) is 8.40. The lowest BCUT2D eigenvalue weighted by atomic mass is 10.2. The number of hydrogen-bond acceptors (Lipinski definition) is 5. The van der Waals surface area contributed by atoms with E-state index in [4.69, 9.17) is 10.3 Å². The van der Waals surface area contributed by atoms with Crippen LogP contribution in [0.25, 0.3) is 11.5 Å². The average molecular weight is 202 g/mol. The Bertz CT molecular complexity index is 490. The van der Waals surface area contributed by atoms with Crippen molar-refractivity contribution in [3.05, 3.63) is 24.3 Å². The summed E-state index contributed by atoms with van der Waals surface area (Å²) in [7, 11) is 0. The Morgan fingerprint density at radius 1 is 1.33 bits per heavy atom. The number of nitrogens with zero attached hydrogens (tertiary/aromatic N) is 3. The number of hydrogen-bond donors (Lipinski definition) is 1. The molecule has 0 bridgehead atoms. The zero-order valence-electron chi connectivity index (χ0n) is 8.05. The molecule has 0 aliphatic heterocycles. The Hall–Kier alpha value is -1.91. The maximum atomic E-state index is 5.62. The Kier molecular flexibility index (Phi) is 1.71. The molecule has 2 heterocycles. The van der Waals surface area contributed by atoms with E-state index in [1.807, 2.05) is 0 Å². The van der Waals surface area contributed by atoms with Gasteiger partial charge in [0.25, 0.3) is 5.89 Å². The minimum absolute atomic E-state index is 0.497. The van der Waals surface area contributed by atoms with Crippen LogP contribution in [0.1, 0.15) is 24.6 Å². The second-order valence-corrected chi connectivity index (χ2v) is 3.74. The Labute approximate surface area is 86.3 Å². The number of anilines is 1. The van der Waals surface area contributed by atoms with Crippen LogP contribution < -0.4 is 5.73 Å². The van der Waals surface area contributed by atoms with Crippen molar-refractivity contribution < 1.29 is 4.52 Å². The molecule has 0 unspecified atom stereocenters. The molecular formula is C10H10N4O. The third-order valence-corrected chi connectivity index (χ3v) is 2.39. The van der Waals surface area contributed by atoms with E-state index >= 15 is 0 Å². The monoisotopic (exact) mass is 202 g/mol. The van der Waals surface area contributed by atoms with Gasteiger partial charge >= 0.3 is 0 Å². The highest BCUT2D eigenvalue weighted by Gasteiger charge is 2.28. The van der Waals surface area contributed by atoms with Gasteiger partial charge in [-0.2, -0.15) is 4.98 Å². The third kappa shape index (κ3) is 1.56. The summed E-state index contributed by atoms with van der Waals surface area (Å²) in [5.74, 6) is 1.79. The molecule has 3 rings (SSSR count). The number of pyridine rings is 1. The predicted octanol–water partition coefficient (Wildman–Crippen LogP) is 1.59. The normalized spacial score (nSPS) is 15.5. The van der Waals surface area contributed by atoms with Crippen LogP contribution in [0.4, 0.5) is 5.69 Å². The van der Waals surface area contributed by atoms with E-state index in [2.05, 4.69) is 15.1 Å². The molecule has 0 spiro atoms. The minimum Gasteiger partial charge on any atom is -0.397 e. The first-order chi connectivity index (χ1) is 7.33. The molecule has 1 aliphatic rings. The predicted molar refractivity (Wildman–Crippen MR) is 53.9 cm³/mol. The molecule has 2 N–H and O–H groups in total. The Morgan fingerprint density at radius 3 is 2.93 bits per heavy atom. The van der Waals surface area contributed by atoms with Gasteiger partial charge in [-0.05, 0) is 18.9 Å². The molecule has 5 heteroatoms. The van der Waals surface area contributed by atoms with E-state index < -0.39 is 0 Å². The second kappa shape index (κ2) is 3.05. The lowest BCUT2D eigenvalue weighted by Gasteiger charge is -1.94. The fraction of sp³-hybridized carbons (Fsp3) is 0.300. The molecule has 0 aromatic carbocycles. The van der Waals surface area contributed by atoms with Gasteiger partial charge in [-0.1, -0.05) is 5.16 Å². The summed E-state index contributed by atoms with van der Waals surface area (Å²) >= 11 is 0. The molecule has 1 fully saturated rings. The largest absolute Gasteiger partial charge is 0.397 e. The van der Waals surface area contributed by atoms with Crippen LogP contribution in [-0.4, -0.2) is 15.1 Å². The standard InChI is InChI=1S/C10H10N4O/c11-8-3-7(4-12-5-8)10-13-9(14-15-10)6-1-2-6/h3-6H,1-2,11H2. The van der Waals surface area contributed by atoms with Gasteiger partial charge in [0.1, 0.15) is 0 Å². The van der Waals surface area contributed by atoms with Crippen LogP contribution in [0, 0.1) is 0 Å². The molecule has 5 nitrogen and oxygen atoms in total. The summed E-state index contributed by atoms with van der Waals surface area (Å²) in [6.07, 6.45) is 5.57. The van der Waals surface area contributed by atoms with Crippen LogP contribution in [0.2, 0.25) is 0 Å². The molecule has 2 aromatic heterocycles. The molecule has 2 aromatic rings. The van der Waals surface area contributed by atoms with Crippen molar-refractivity contribution in [2.45, 2.75) is 18.8 Å². The van der Waals surface area contributed by atoms with Crippen molar-refractivity contribution in [3.63, 3.8) is 0 Å². The first-order valence-corrected chi connectivity index (χ1v) is 4.87. The highest BCUT2D eigenvalue weighted by atomic mass is 16.5. The van der Waals surface area contributed by atoms with Crippen molar-refractivity contribution in [2.75, 3.05) is 5.73 Å². The molecule has 1 saturated carbocycles. The van der Waals surface area contributed by atoms with Crippen molar-refractivity contribution in [1.82, 2.24) is 15.1 Å². The van der Waals surface area contributed by atoms with Crippen molar-refractivity contribution in [3.8, 4) is 11.5 Å². The highest BCUT2D eigenvalue weighted by Crippen LogP contribution is 2.38. The van der Waals surface area contributed by atoms with Gasteiger partial charge in [0, 0.05) is 18.3 Å². The quantitative estimate of drug-likeness (QED) is 0.800. The summed E-state index contributed by atoms with van der Waals surface area (Å²) in [5.41, 5.74) is 6.99.